The molecule has 8 heavy (non-hydrogen) atoms. The van der Waals surface area contributed by atoms with E-state index < -0.39 is 0 Å². The Morgan fingerprint density at radius 2 is 2.75 bits per heavy atom. The second-order valence-corrected chi connectivity index (χ2v) is 1.96. The fourth-order valence-electron chi connectivity index (χ4n) is 0.961. The molecule has 3 nitrogen and oxygen atoms in total. The zero-order valence-corrected chi connectivity index (χ0v) is 4.41. The van der Waals surface area contributed by atoms with Gasteiger partial charge >= 0.3 is 0 Å². The fraction of sp³-hybridized carbons (Fsp3) is 0.400. The van der Waals surface area contributed by atoms with Crippen LogP contribution in [0.4, 0.5) is 0 Å². The maximum Gasteiger partial charge on any atom is 0.123 e. The molecule has 0 aromatic rings. The molecule has 2 heterocycles. The highest BCUT2D eigenvalue weighted by Gasteiger charge is 2.19. The minimum absolute atomic E-state index is 0.426. The third-order valence-electron chi connectivity index (χ3n) is 1.41. The van der Waals surface area contributed by atoms with E-state index in [0.29, 0.717) is 6.17 Å². The molecule has 0 spiro atoms. The summed E-state index contributed by atoms with van der Waals surface area (Å²) in [7, 11) is 0. The van der Waals surface area contributed by atoms with Crippen LogP contribution in [0.5, 0.6) is 0 Å². The monoisotopic (exact) mass is 109 g/mol. The molecule has 0 radical (unpaired) electrons. The first-order valence-electron chi connectivity index (χ1n) is 2.69. The van der Waals surface area contributed by atoms with Gasteiger partial charge in [-0.05, 0) is 0 Å². The van der Waals surface area contributed by atoms with E-state index in [2.05, 4.69) is 21.5 Å². The van der Waals surface area contributed by atoms with E-state index in [1.54, 1.807) is 6.34 Å². The second-order valence-electron chi connectivity index (χ2n) is 1.96. The van der Waals surface area contributed by atoms with Gasteiger partial charge in [-0.25, -0.2) is 0 Å². The molecule has 0 aromatic carbocycles. The molecule has 3 heteroatoms. The minimum atomic E-state index is 0.426. The molecule has 2 rings (SSSR count). The van der Waals surface area contributed by atoms with Crippen LogP contribution in [0.25, 0.3) is 0 Å². The Morgan fingerprint density at radius 1 is 1.75 bits per heavy atom. The normalized spacial score (nSPS) is 31.0. The molecule has 2 aliphatic heterocycles. The van der Waals surface area contributed by atoms with E-state index in [4.69, 9.17) is 0 Å². The van der Waals surface area contributed by atoms with Gasteiger partial charge in [-0.1, -0.05) is 6.08 Å². The van der Waals surface area contributed by atoms with E-state index in [1.165, 1.54) is 0 Å². The molecule has 0 saturated carbocycles. The van der Waals surface area contributed by atoms with E-state index in [-0.39, 0.29) is 0 Å². The number of hydrazone groups is 1. The smallest absolute Gasteiger partial charge is 0.123 e. The van der Waals surface area contributed by atoms with Crippen molar-refractivity contribution >= 4 is 6.34 Å². The predicted molar refractivity (Wildman–Crippen MR) is 31.0 cm³/mol. The highest BCUT2D eigenvalue weighted by molar-refractivity contribution is 5.59. The predicted octanol–water partition coefficient (Wildman–Crippen LogP) is 0.0784. The summed E-state index contributed by atoms with van der Waals surface area (Å²) in [6.45, 7) is 0. The van der Waals surface area contributed by atoms with Crippen LogP contribution in [0.2, 0.25) is 0 Å². The highest BCUT2D eigenvalue weighted by atomic mass is 15.5. The molecule has 0 fully saturated rings. The molecule has 0 bridgehead atoms. The van der Waals surface area contributed by atoms with E-state index in [9.17, 15) is 0 Å². The number of hydrogen-bond acceptors (Lipinski definition) is 3. The molecular weight excluding hydrogens is 102 g/mol. The number of hydrogen-bond donors (Lipinski definition) is 1. The molecule has 2 aliphatic rings. The molecule has 0 amide bonds. The minimum Gasteiger partial charge on any atom is -0.315 e. The van der Waals surface area contributed by atoms with Gasteiger partial charge in [0.1, 0.15) is 12.5 Å². The lowest BCUT2D eigenvalue weighted by molar-refractivity contribution is 0.414. The zero-order valence-electron chi connectivity index (χ0n) is 4.41. The zero-order chi connectivity index (χ0) is 5.40. The Bertz CT molecular complexity index is 134. The second kappa shape index (κ2) is 1.24. The van der Waals surface area contributed by atoms with Gasteiger partial charge in [0.2, 0.25) is 0 Å². The summed E-state index contributed by atoms with van der Waals surface area (Å²) < 4.78 is 0. The van der Waals surface area contributed by atoms with Crippen LogP contribution >= 0.6 is 0 Å². The first-order valence-corrected chi connectivity index (χ1v) is 2.69. The van der Waals surface area contributed by atoms with E-state index in [1.807, 2.05) is 6.20 Å². The van der Waals surface area contributed by atoms with Gasteiger partial charge < -0.3 is 4.90 Å². The van der Waals surface area contributed by atoms with Crippen molar-refractivity contribution in [2.24, 2.45) is 5.10 Å². The quantitative estimate of drug-likeness (QED) is 0.477. The van der Waals surface area contributed by atoms with Crippen LogP contribution in [-0.2, 0) is 0 Å². The Labute approximate surface area is 47.7 Å². The molecule has 0 aromatic heterocycles. The lowest BCUT2D eigenvalue weighted by Gasteiger charge is -2.10. The Balaban J connectivity index is 2.22. The van der Waals surface area contributed by atoms with Gasteiger partial charge in [0.25, 0.3) is 0 Å². The van der Waals surface area contributed by atoms with Gasteiger partial charge in [0.05, 0.1) is 0 Å². The van der Waals surface area contributed by atoms with Crippen LogP contribution in [0.3, 0.4) is 0 Å². The summed E-state index contributed by atoms with van der Waals surface area (Å²) in [6, 6.07) is 0. The summed E-state index contributed by atoms with van der Waals surface area (Å²) in [4.78, 5) is 2.06. The molecule has 1 unspecified atom stereocenters. The lowest BCUT2D eigenvalue weighted by atomic mass is 10.4. The fourth-order valence-corrected chi connectivity index (χ4v) is 0.961. The van der Waals surface area contributed by atoms with Crippen molar-refractivity contribution < 1.29 is 0 Å². The standard InChI is InChI=1S/C5H7N3/c1-2-5-7-6-4-8(5)3-1/h1,3-5,7H,2H2. The number of fused-ring (bicyclic) bond motifs is 1. The highest BCUT2D eigenvalue weighted by Crippen LogP contribution is 2.11. The van der Waals surface area contributed by atoms with Crippen LogP contribution in [-0.4, -0.2) is 17.4 Å². The first kappa shape index (κ1) is 3.95. The number of rotatable bonds is 0. The lowest BCUT2D eigenvalue weighted by Crippen LogP contribution is -2.28. The van der Waals surface area contributed by atoms with Crippen LogP contribution in [0.1, 0.15) is 6.42 Å². The van der Waals surface area contributed by atoms with Gasteiger partial charge in [0.15, 0.2) is 0 Å². The molecule has 1 N–H and O–H groups in total. The van der Waals surface area contributed by atoms with Crippen molar-refractivity contribution in [1.82, 2.24) is 10.3 Å². The van der Waals surface area contributed by atoms with Crippen molar-refractivity contribution in [2.75, 3.05) is 0 Å². The van der Waals surface area contributed by atoms with E-state index in [0.717, 1.165) is 6.42 Å². The van der Waals surface area contributed by atoms with Gasteiger partial charge in [-0.15, -0.1) is 0 Å². The average molecular weight is 109 g/mol. The maximum atomic E-state index is 3.87. The van der Waals surface area contributed by atoms with Crippen molar-refractivity contribution in [2.45, 2.75) is 12.6 Å². The number of nitrogens with one attached hydrogen (secondary N) is 1. The first-order chi connectivity index (χ1) is 3.97. The van der Waals surface area contributed by atoms with E-state index >= 15 is 0 Å². The molecule has 0 saturated heterocycles. The largest absolute Gasteiger partial charge is 0.315 e. The number of nitrogens with zero attached hydrogens (tertiary/aromatic N) is 2. The maximum absolute atomic E-state index is 3.87. The Morgan fingerprint density at radius 3 is 3.62 bits per heavy atom. The van der Waals surface area contributed by atoms with Gasteiger partial charge in [-0.2, -0.15) is 5.10 Å². The third-order valence-corrected chi connectivity index (χ3v) is 1.41. The SMILES string of the molecule is C1=CN2C=NNC2C1. The van der Waals surface area contributed by atoms with Crippen molar-refractivity contribution in [1.29, 1.82) is 0 Å². The summed E-state index contributed by atoms with van der Waals surface area (Å²) in [5.41, 5.74) is 2.95. The summed E-state index contributed by atoms with van der Waals surface area (Å²) in [5.74, 6) is 0. The Hall–Kier alpha value is -0.990. The van der Waals surface area contributed by atoms with Gasteiger partial charge in [0, 0.05) is 12.6 Å². The van der Waals surface area contributed by atoms with Crippen molar-refractivity contribution in [3.63, 3.8) is 0 Å². The van der Waals surface area contributed by atoms with Crippen LogP contribution in [0, 0.1) is 0 Å². The van der Waals surface area contributed by atoms with Crippen LogP contribution < -0.4 is 5.43 Å². The summed E-state index contributed by atoms with van der Waals surface area (Å²) in [5, 5.41) is 3.87. The third kappa shape index (κ3) is 0.358. The summed E-state index contributed by atoms with van der Waals surface area (Å²) in [6.07, 6.45) is 7.46. The van der Waals surface area contributed by atoms with Crippen molar-refractivity contribution in [3.8, 4) is 0 Å². The van der Waals surface area contributed by atoms with Crippen molar-refractivity contribution in [3.05, 3.63) is 12.3 Å². The average Bonchev–Trinajstić information content (AvgIpc) is 2.15. The summed E-state index contributed by atoms with van der Waals surface area (Å²) >= 11 is 0. The molecule has 42 valence electrons. The molecule has 0 aliphatic carbocycles. The van der Waals surface area contributed by atoms with Gasteiger partial charge in [-0.3, -0.25) is 5.43 Å². The van der Waals surface area contributed by atoms with Crippen LogP contribution in [0.15, 0.2) is 17.4 Å². The molecular formula is C5H7N3. The molecule has 1 atom stereocenters. The topological polar surface area (TPSA) is 27.6 Å². The Kier molecular flexibility index (Phi) is 0.614.